The first-order valence-electron chi connectivity index (χ1n) is 6.15. The smallest absolute Gasteiger partial charge is 0.0637 e. The lowest BCUT2D eigenvalue weighted by molar-refractivity contribution is 0.204. The molecule has 0 saturated carbocycles. The number of benzene rings is 1. The maximum atomic E-state index is 6.15. The van der Waals surface area contributed by atoms with Crippen LogP contribution in [0.2, 0.25) is 0 Å². The van der Waals surface area contributed by atoms with Gasteiger partial charge in [0.15, 0.2) is 0 Å². The summed E-state index contributed by atoms with van der Waals surface area (Å²) in [5, 5.41) is 0. The summed E-state index contributed by atoms with van der Waals surface area (Å²) in [5.41, 5.74) is 9.28. The van der Waals surface area contributed by atoms with E-state index >= 15 is 0 Å². The molecule has 0 aliphatic carbocycles. The van der Waals surface area contributed by atoms with E-state index < -0.39 is 0 Å². The molecule has 0 unspecified atom stereocenters. The molecule has 1 aromatic rings. The molecule has 3 nitrogen and oxygen atoms in total. The van der Waals surface area contributed by atoms with Crippen LogP contribution in [-0.2, 0) is 4.74 Å². The van der Waals surface area contributed by atoms with E-state index in [0.29, 0.717) is 5.92 Å². The fraction of sp³-hybridized carbons (Fsp3) is 0.571. The minimum Gasteiger partial charge on any atom is -0.397 e. The fourth-order valence-electron chi connectivity index (χ4n) is 1.89. The van der Waals surface area contributed by atoms with Crippen LogP contribution in [0.25, 0.3) is 0 Å². The van der Waals surface area contributed by atoms with Gasteiger partial charge in [0.2, 0.25) is 0 Å². The normalized spacial score (nSPS) is 10.9. The van der Waals surface area contributed by atoms with Crippen LogP contribution in [0, 0.1) is 12.8 Å². The van der Waals surface area contributed by atoms with Gasteiger partial charge >= 0.3 is 0 Å². The number of aryl methyl sites for hydroxylation is 1. The van der Waals surface area contributed by atoms with Crippen LogP contribution < -0.4 is 10.6 Å². The van der Waals surface area contributed by atoms with Gasteiger partial charge in [-0.1, -0.05) is 26.0 Å². The molecular weight excluding hydrogens is 212 g/mol. The van der Waals surface area contributed by atoms with Gasteiger partial charge in [0.25, 0.3) is 0 Å². The Morgan fingerprint density at radius 2 is 2.06 bits per heavy atom. The van der Waals surface area contributed by atoms with E-state index in [1.54, 1.807) is 7.11 Å². The van der Waals surface area contributed by atoms with Crippen LogP contribution in [0.4, 0.5) is 11.4 Å². The molecule has 0 saturated heterocycles. The summed E-state index contributed by atoms with van der Waals surface area (Å²) < 4.78 is 5.16. The predicted octanol–water partition coefficient (Wildman–Crippen LogP) is 2.69. The van der Waals surface area contributed by atoms with Crippen LogP contribution >= 0.6 is 0 Å². The zero-order valence-corrected chi connectivity index (χ0v) is 11.4. The Morgan fingerprint density at radius 1 is 1.35 bits per heavy atom. The van der Waals surface area contributed by atoms with Gasteiger partial charge in [0.1, 0.15) is 0 Å². The summed E-state index contributed by atoms with van der Waals surface area (Å²) in [6, 6.07) is 6.18. The van der Waals surface area contributed by atoms with E-state index in [1.165, 1.54) is 0 Å². The highest BCUT2D eigenvalue weighted by molar-refractivity contribution is 5.70. The third kappa shape index (κ3) is 3.93. The Bertz CT molecular complexity index is 350. The number of ether oxygens (including phenoxy) is 1. The molecule has 0 heterocycles. The number of hydrogen-bond donors (Lipinski definition) is 1. The van der Waals surface area contributed by atoms with Gasteiger partial charge in [-0.25, -0.2) is 0 Å². The number of para-hydroxylation sites is 1. The monoisotopic (exact) mass is 236 g/mol. The van der Waals surface area contributed by atoms with Crippen LogP contribution in [0.5, 0.6) is 0 Å². The number of nitrogens with two attached hydrogens (primary N) is 1. The van der Waals surface area contributed by atoms with Crippen molar-refractivity contribution < 1.29 is 4.74 Å². The standard InChI is InChI=1S/C14H24N2O/c1-11(2)10-16(8-9-17-4)13-7-5-6-12(3)14(13)15/h5-7,11H,8-10,15H2,1-4H3. The van der Waals surface area contributed by atoms with Crippen molar-refractivity contribution in [3.05, 3.63) is 23.8 Å². The molecule has 0 aliphatic rings. The van der Waals surface area contributed by atoms with Crippen molar-refractivity contribution >= 4 is 11.4 Å². The van der Waals surface area contributed by atoms with Crippen molar-refractivity contribution in [3.63, 3.8) is 0 Å². The van der Waals surface area contributed by atoms with Crippen molar-refractivity contribution in [2.75, 3.05) is 37.4 Å². The highest BCUT2D eigenvalue weighted by Gasteiger charge is 2.12. The summed E-state index contributed by atoms with van der Waals surface area (Å²) in [7, 11) is 1.73. The molecule has 0 amide bonds. The van der Waals surface area contributed by atoms with E-state index in [0.717, 1.165) is 36.6 Å². The Hall–Kier alpha value is -1.22. The number of nitrogen functional groups attached to an aromatic ring is 1. The molecule has 17 heavy (non-hydrogen) atoms. The summed E-state index contributed by atoms with van der Waals surface area (Å²) in [5.74, 6) is 0.603. The lowest BCUT2D eigenvalue weighted by Gasteiger charge is -2.28. The number of hydrogen-bond acceptors (Lipinski definition) is 3. The van der Waals surface area contributed by atoms with Gasteiger partial charge in [-0.05, 0) is 24.5 Å². The third-order valence-corrected chi connectivity index (χ3v) is 2.79. The van der Waals surface area contributed by atoms with E-state index in [4.69, 9.17) is 10.5 Å². The molecule has 1 aromatic carbocycles. The first-order valence-corrected chi connectivity index (χ1v) is 6.15. The summed E-state index contributed by atoms with van der Waals surface area (Å²) >= 11 is 0. The van der Waals surface area contributed by atoms with Crippen molar-refractivity contribution in [2.45, 2.75) is 20.8 Å². The highest BCUT2D eigenvalue weighted by Crippen LogP contribution is 2.26. The maximum absolute atomic E-state index is 6.15. The molecule has 1 rings (SSSR count). The predicted molar refractivity (Wildman–Crippen MR) is 74.5 cm³/mol. The highest BCUT2D eigenvalue weighted by atomic mass is 16.5. The van der Waals surface area contributed by atoms with Gasteiger partial charge in [0, 0.05) is 20.2 Å². The average Bonchev–Trinajstić information content (AvgIpc) is 2.28. The molecule has 0 atom stereocenters. The van der Waals surface area contributed by atoms with E-state index in [2.05, 4.69) is 30.9 Å². The quantitative estimate of drug-likeness (QED) is 0.772. The molecule has 0 aromatic heterocycles. The maximum Gasteiger partial charge on any atom is 0.0637 e. The lowest BCUT2D eigenvalue weighted by atomic mass is 10.1. The van der Waals surface area contributed by atoms with E-state index in [-0.39, 0.29) is 0 Å². The molecule has 0 spiro atoms. The largest absolute Gasteiger partial charge is 0.397 e. The van der Waals surface area contributed by atoms with Crippen LogP contribution in [-0.4, -0.2) is 26.8 Å². The number of rotatable bonds is 6. The van der Waals surface area contributed by atoms with Crippen molar-refractivity contribution in [3.8, 4) is 0 Å². The number of nitrogens with zero attached hydrogens (tertiary/aromatic N) is 1. The first kappa shape index (κ1) is 13.8. The molecule has 96 valence electrons. The molecular formula is C14H24N2O. The molecule has 2 N–H and O–H groups in total. The molecule has 3 heteroatoms. The zero-order chi connectivity index (χ0) is 12.8. The Labute approximate surface area is 105 Å². The zero-order valence-electron chi connectivity index (χ0n) is 11.4. The molecule has 0 bridgehead atoms. The Morgan fingerprint density at radius 3 is 2.65 bits per heavy atom. The van der Waals surface area contributed by atoms with Crippen LogP contribution in [0.1, 0.15) is 19.4 Å². The van der Waals surface area contributed by atoms with Crippen LogP contribution in [0.3, 0.4) is 0 Å². The minimum absolute atomic E-state index is 0.603. The first-order chi connectivity index (χ1) is 8.06. The summed E-state index contributed by atoms with van der Waals surface area (Å²) in [6.07, 6.45) is 0. The number of methoxy groups -OCH3 is 1. The Kier molecular flexibility index (Phi) is 5.29. The SMILES string of the molecule is COCCN(CC(C)C)c1cccc(C)c1N. The van der Waals surface area contributed by atoms with Crippen LogP contribution in [0.15, 0.2) is 18.2 Å². The minimum atomic E-state index is 0.603. The topological polar surface area (TPSA) is 38.5 Å². The van der Waals surface area contributed by atoms with Crippen molar-refractivity contribution in [1.29, 1.82) is 0 Å². The van der Waals surface area contributed by atoms with Gasteiger partial charge in [-0.15, -0.1) is 0 Å². The summed E-state index contributed by atoms with van der Waals surface area (Å²) in [6.45, 7) is 9.07. The molecule has 0 aliphatic heterocycles. The second-order valence-corrected chi connectivity index (χ2v) is 4.84. The average molecular weight is 236 g/mol. The van der Waals surface area contributed by atoms with Gasteiger partial charge in [-0.3, -0.25) is 0 Å². The van der Waals surface area contributed by atoms with Gasteiger partial charge in [0.05, 0.1) is 18.0 Å². The van der Waals surface area contributed by atoms with Gasteiger partial charge < -0.3 is 15.4 Å². The fourth-order valence-corrected chi connectivity index (χ4v) is 1.89. The molecule has 0 fully saturated rings. The van der Waals surface area contributed by atoms with E-state index in [1.807, 2.05) is 13.0 Å². The second kappa shape index (κ2) is 6.50. The van der Waals surface area contributed by atoms with Gasteiger partial charge in [-0.2, -0.15) is 0 Å². The second-order valence-electron chi connectivity index (χ2n) is 4.84. The number of anilines is 2. The summed E-state index contributed by atoms with van der Waals surface area (Å²) in [4.78, 5) is 2.30. The lowest BCUT2D eigenvalue weighted by Crippen LogP contribution is -2.31. The van der Waals surface area contributed by atoms with E-state index in [9.17, 15) is 0 Å². The third-order valence-electron chi connectivity index (χ3n) is 2.79. The van der Waals surface area contributed by atoms with Crippen molar-refractivity contribution in [1.82, 2.24) is 0 Å². The van der Waals surface area contributed by atoms with Crippen molar-refractivity contribution in [2.24, 2.45) is 5.92 Å². The molecule has 0 radical (unpaired) electrons. The Balaban J connectivity index is 2.90.